The van der Waals surface area contributed by atoms with Crippen molar-refractivity contribution in [2.45, 2.75) is 25.7 Å². The molecule has 0 saturated heterocycles. The highest BCUT2D eigenvalue weighted by Gasteiger charge is 2.16. The van der Waals surface area contributed by atoms with E-state index in [4.69, 9.17) is 0 Å². The van der Waals surface area contributed by atoms with Crippen molar-refractivity contribution < 1.29 is 4.79 Å². The van der Waals surface area contributed by atoms with Crippen molar-refractivity contribution in [2.24, 2.45) is 0 Å². The summed E-state index contributed by atoms with van der Waals surface area (Å²) in [4.78, 5) is 10.9. The van der Waals surface area contributed by atoms with Crippen LogP contribution in [-0.4, -0.2) is 6.29 Å². The second-order valence-corrected chi connectivity index (χ2v) is 7.19. The quantitative estimate of drug-likeness (QED) is 0.653. The number of fused-ring (bicyclic) bond motifs is 4. The number of hydrogen-bond donors (Lipinski definition) is 0. The fourth-order valence-corrected chi connectivity index (χ4v) is 4.52. The van der Waals surface area contributed by atoms with Gasteiger partial charge < -0.3 is 0 Å². The first kappa shape index (κ1) is 15.3. The van der Waals surface area contributed by atoms with Gasteiger partial charge in [0.25, 0.3) is 0 Å². The van der Waals surface area contributed by atoms with Crippen LogP contribution in [0.15, 0.2) is 60.7 Å². The summed E-state index contributed by atoms with van der Waals surface area (Å²) in [5, 5.41) is 5.52. The molecule has 3 aromatic carbocycles. The third-order valence-corrected chi connectivity index (χ3v) is 5.78. The van der Waals surface area contributed by atoms with Gasteiger partial charge in [0.15, 0.2) is 0 Å². The predicted octanol–water partition coefficient (Wildman–Crippen LogP) is 3.66. The minimum absolute atomic E-state index is 0.738. The molecule has 0 bridgehead atoms. The maximum atomic E-state index is 10.9. The Morgan fingerprint density at radius 2 is 1.54 bits per heavy atom. The number of aldehydes is 1. The highest BCUT2D eigenvalue weighted by molar-refractivity contribution is 5.77. The second kappa shape index (κ2) is 6.10. The molecule has 0 aromatic heterocycles. The molecule has 26 heavy (non-hydrogen) atoms. The second-order valence-electron chi connectivity index (χ2n) is 7.19. The zero-order valence-electron chi connectivity index (χ0n) is 14.7. The third-order valence-electron chi connectivity index (χ3n) is 5.78. The number of benzene rings is 3. The van der Waals surface area contributed by atoms with Crippen LogP contribution in [-0.2, 0) is 12.8 Å². The molecule has 0 atom stereocenters. The van der Waals surface area contributed by atoms with Crippen LogP contribution in [0, 0.1) is 10.4 Å². The average Bonchev–Trinajstić information content (AvgIpc) is 2.73. The van der Waals surface area contributed by atoms with E-state index in [2.05, 4.69) is 54.6 Å². The molecule has 5 rings (SSSR count). The van der Waals surface area contributed by atoms with Gasteiger partial charge in [0.1, 0.15) is 6.29 Å². The Hall–Kier alpha value is -2.93. The molecule has 0 saturated carbocycles. The fourth-order valence-electron chi connectivity index (χ4n) is 4.52. The fraction of sp³-hybridized carbons (Fsp3) is 0.160. The lowest BCUT2D eigenvalue weighted by molar-refractivity contribution is 0.112. The maximum Gasteiger partial charge on any atom is 0.150 e. The molecule has 1 nitrogen and oxygen atoms in total. The molecule has 0 fully saturated rings. The highest BCUT2D eigenvalue weighted by atomic mass is 16.1. The van der Waals surface area contributed by atoms with Crippen LogP contribution < -0.4 is 10.4 Å². The van der Waals surface area contributed by atoms with Gasteiger partial charge in [-0.25, -0.2) is 0 Å². The molecule has 0 amide bonds. The number of carbonyl (C=O) groups excluding carboxylic acids is 1. The van der Waals surface area contributed by atoms with Crippen LogP contribution >= 0.6 is 0 Å². The van der Waals surface area contributed by atoms with E-state index in [0.717, 1.165) is 31.1 Å². The molecule has 1 heteroatoms. The first-order valence-corrected chi connectivity index (χ1v) is 9.34. The summed E-state index contributed by atoms with van der Waals surface area (Å²) in [7, 11) is 0. The van der Waals surface area contributed by atoms with Crippen molar-refractivity contribution in [3.63, 3.8) is 0 Å². The van der Waals surface area contributed by atoms with Crippen LogP contribution in [0.4, 0.5) is 0 Å². The van der Waals surface area contributed by atoms with E-state index in [1.807, 2.05) is 12.1 Å². The summed E-state index contributed by atoms with van der Waals surface area (Å²) in [6.45, 7) is 0. The molecule has 3 aromatic rings. The van der Waals surface area contributed by atoms with Gasteiger partial charge in [-0.1, -0.05) is 66.7 Å². The van der Waals surface area contributed by atoms with Crippen molar-refractivity contribution in [3.05, 3.63) is 104 Å². The van der Waals surface area contributed by atoms with E-state index in [0.29, 0.717) is 0 Å². The van der Waals surface area contributed by atoms with Crippen molar-refractivity contribution in [2.75, 3.05) is 0 Å². The number of carbonyl (C=O) groups is 1. The predicted molar refractivity (Wildman–Crippen MR) is 105 cm³/mol. The third kappa shape index (κ3) is 2.35. The van der Waals surface area contributed by atoms with Crippen molar-refractivity contribution in [1.82, 2.24) is 0 Å². The normalized spacial score (nSPS) is 14.7. The summed E-state index contributed by atoms with van der Waals surface area (Å²) >= 11 is 0. The minimum atomic E-state index is 0.738. The molecule has 2 aliphatic carbocycles. The Kier molecular flexibility index (Phi) is 3.60. The molecule has 0 N–H and O–H groups in total. The van der Waals surface area contributed by atoms with Gasteiger partial charge in [-0.05, 0) is 68.8 Å². The van der Waals surface area contributed by atoms with Gasteiger partial charge in [-0.2, -0.15) is 0 Å². The molecule has 126 valence electrons. The first-order valence-electron chi connectivity index (χ1n) is 9.34. The van der Waals surface area contributed by atoms with Crippen LogP contribution in [0.2, 0.25) is 0 Å². The minimum Gasteiger partial charge on any atom is -0.298 e. The smallest absolute Gasteiger partial charge is 0.150 e. The Bertz CT molecular complexity index is 1230. The topological polar surface area (TPSA) is 17.1 Å². The van der Waals surface area contributed by atoms with E-state index in [1.54, 1.807) is 0 Å². The maximum absolute atomic E-state index is 10.9. The Labute approximate surface area is 152 Å². The van der Waals surface area contributed by atoms with Crippen LogP contribution in [0.5, 0.6) is 0 Å². The molecule has 0 aliphatic heterocycles. The van der Waals surface area contributed by atoms with E-state index in [-0.39, 0.29) is 0 Å². The highest BCUT2D eigenvalue weighted by Crippen LogP contribution is 2.25. The summed E-state index contributed by atoms with van der Waals surface area (Å²) in [6.07, 6.45) is 7.75. The van der Waals surface area contributed by atoms with Gasteiger partial charge in [0.2, 0.25) is 0 Å². The van der Waals surface area contributed by atoms with Crippen LogP contribution in [0.1, 0.15) is 39.9 Å². The Morgan fingerprint density at radius 3 is 2.38 bits per heavy atom. The van der Waals surface area contributed by atoms with Gasteiger partial charge in [0, 0.05) is 5.56 Å². The van der Waals surface area contributed by atoms with Gasteiger partial charge >= 0.3 is 0 Å². The summed E-state index contributed by atoms with van der Waals surface area (Å²) < 4.78 is 0. The standard InChI is InChI=1S/C25H20O/c26-16-17-8-10-19(11-9-17)21-6-3-7-22-23(21)14-15-24-20-5-2-1-4-18(20)12-13-25(22)24/h1-2,4-5,8-12,14-16H,3,6-7,13H2. The van der Waals surface area contributed by atoms with E-state index in [9.17, 15) is 4.79 Å². The lowest BCUT2D eigenvalue weighted by Crippen LogP contribution is -2.23. The zero-order chi connectivity index (χ0) is 17.5. The molecule has 0 radical (unpaired) electrons. The Morgan fingerprint density at radius 1 is 0.731 bits per heavy atom. The van der Waals surface area contributed by atoms with E-state index in [1.165, 1.54) is 49.6 Å². The first-order chi connectivity index (χ1) is 12.8. The number of hydrogen-bond acceptors (Lipinski definition) is 1. The summed E-state index contributed by atoms with van der Waals surface area (Å²) in [6, 6.07) is 21.4. The van der Waals surface area contributed by atoms with E-state index < -0.39 is 0 Å². The van der Waals surface area contributed by atoms with Crippen LogP contribution in [0.3, 0.4) is 0 Å². The molecule has 0 unspecified atom stereocenters. The molecule has 0 spiro atoms. The van der Waals surface area contributed by atoms with Gasteiger partial charge in [-0.15, -0.1) is 0 Å². The average molecular weight is 336 g/mol. The molecule has 2 aliphatic rings. The van der Waals surface area contributed by atoms with Crippen molar-refractivity contribution in [1.29, 1.82) is 0 Å². The molecular weight excluding hydrogens is 316 g/mol. The SMILES string of the molecule is O=Cc1ccc(C2=c3ccc4c(c3CCC2)CC=c2ccccc2=4)cc1. The van der Waals surface area contributed by atoms with Crippen LogP contribution in [0.25, 0.3) is 11.6 Å². The van der Waals surface area contributed by atoms with Gasteiger partial charge in [0.05, 0.1) is 0 Å². The monoisotopic (exact) mass is 336 g/mol. The number of rotatable bonds is 2. The van der Waals surface area contributed by atoms with Crippen molar-refractivity contribution >= 4 is 17.9 Å². The van der Waals surface area contributed by atoms with Gasteiger partial charge in [-0.3, -0.25) is 4.79 Å². The molecular formula is C25H20O. The lowest BCUT2D eigenvalue weighted by atomic mass is 9.84. The summed E-state index contributed by atoms with van der Waals surface area (Å²) in [5.74, 6) is 0. The zero-order valence-corrected chi connectivity index (χ0v) is 14.7. The largest absolute Gasteiger partial charge is 0.298 e. The Balaban J connectivity index is 1.82. The molecule has 0 heterocycles. The van der Waals surface area contributed by atoms with Crippen molar-refractivity contribution in [3.8, 4) is 0 Å². The summed E-state index contributed by atoms with van der Waals surface area (Å²) in [5.41, 5.74) is 6.43. The lowest BCUT2D eigenvalue weighted by Gasteiger charge is -2.21. The van der Waals surface area contributed by atoms with E-state index >= 15 is 0 Å².